The van der Waals surface area contributed by atoms with Gasteiger partial charge in [-0.05, 0) is 42.2 Å². The third-order valence-corrected chi connectivity index (χ3v) is 3.87. The minimum absolute atomic E-state index is 0.127. The van der Waals surface area contributed by atoms with Crippen molar-refractivity contribution in [3.8, 4) is 0 Å². The van der Waals surface area contributed by atoms with E-state index < -0.39 is 0 Å². The van der Waals surface area contributed by atoms with Gasteiger partial charge in [-0.2, -0.15) is 0 Å². The summed E-state index contributed by atoms with van der Waals surface area (Å²) in [5, 5.41) is 5.68. The van der Waals surface area contributed by atoms with Gasteiger partial charge in [0.05, 0.1) is 6.26 Å². The number of anilines is 1. The van der Waals surface area contributed by atoms with Gasteiger partial charge in [0, 0.05) is 18.2 Å². The van der Waals surface area contributed by atoms with Crippen molar-refractivity contribution in [1.82, 2.24) is 5.32 Å². The molecule has 2 N–H and O–H groups in total. The van der Waals surface area contributed by atoms with Gasteiger partial charge in [-0.1, -0.05) is 19.1 Å². The summed E-state index contributed by atoms with van der Waals surface area (Å²) in [7, 11) is 0. The topological polar surface area (TPSA) is 71.3 Å². The predicted octanol–water partition coefficient (Wildman–Crippen LogP) is 2.80. The van der Waals surface area contributed by atoms with Crippen molar-refractivity contribution >= 4 is 17.5 Å². The lowest BCUT2D eigenvalue weighted by atomic mass is 10.2. The Balaban J connectivity index is 1.51. The molecule has 3 rings (SSSR count). The second kappa shape index (κ2) is 6.05. The van der Waals surface area contributed by atoms with Gasteiger partial charge in [-0.3, -0.25) is 9.59 Å². The molecule has 1 aliphatic carbocycles. The zero-order valence-corrected chi connectivity index (χ0v) is 12.3. The number of hydrogen-bond acceptors (Lipinski definition) is 3. The molecular weight excluding hydrogens is 280 g/mol. The molecule has 2 atom stereocenters. The van der Waals surface area contributed by atoms with Gasteiger partial charge in [0.15, 0.2) is 5.76 Å². The summed E-state index contributed by atoms with van der Waals surface area (Å²) < 4.78 is 5.03. The summed E-state index contributed by atoms with van der Waals surface area (Å²) in [6.07, 6.45) is 2.45. The summed E-state index contributed by atoms with van der Waals surface area (Å²) in [5.41, 5.74) is 1.69. The highest BCUT2D eigenvalue weighted by atomic mass is 16.3. The third-order valence-electron chi connectivity index (χ3n) is 3.87. The molecule has 22 heavy (non-hydrogen) atoms. The first kappa shape index (κ1) is 14.4. The summed E-state index contributed by atoms with van der Waals surface area (Å²) >= 11 is 0. The van der Waals surface area contributed by atoms with Crippen molar-refractivity contribution in [3.63, 3.8) is 0 Å². The quantitative estimate of drug-likeness (QED) is 0.891. The number of carbonyl (C=O) groups excluding carboxylic acids is 2. The Hall–Kier alpha value is -2.56. The molecule has 1 saturated carbocycles. The van der Waals surface area contributed by atoms with Crippen LogP contribution in [0.15, 0.2) is 47.1 Å². The number of amides is 2. The number of hydrogen-bond donors (Lipinski definition) is 2. The van der Waals surface area contributed by atoms with E-state index in [1.165, 1.54) is 6.26 Å². The monoisotopic (exact) mass is 298 g/mol. The van der Waals surface area contributed by atoms with Crippen LogP contribution in [-0.2, 0) is 11.3 Å². The molecule has 114 valence electrons. The molecule has 2 aromatic rings. The summed E-state index contributed by atoms with van der Waals surface area (Å²) in [5.74, 6) is 0.817. The first-order valence-electron chi connectivity index (χ1n) is 7.35. The molecule has 0 aliphatic heterocycles. The highest BCUT2D eigenvalue weighted by molar-refractivity contribution is 6.02. The Morgan fingerprint density at radius 3 is 2.55 bits per heavy atom. The van der Waals surface area contributed by atoms with E-state index in [-0.39, 0.29) is 23.5 Å². The van der Waals surface area contributed by atoms with Crippen LogP contribution in [0.3, 0.4) is 0 Å². The maximum absolute atomic E-state index is 11.8. The zero-order valence-electron chi connectivity index (χ0n) is 12.3. The molecule has 0 spiro atoms. The fourth-order valence-corrected chi connectivity index (χ4v) is 2.31. The highest BCUT2D eigenvalue weighted by Crippen LogP contribution is 2.37. The Morgan fingerprint density at radius 1 is 1.23 bits per heavy atom. The molecule has 1 heterocycles. The second-order valence-corrected chi connectivity index (χ2v) is 5.67. The van der Waals surface area contributed by atoms with Crippen LogP contribution in [0.5, 0.6) is 0 Å². The van der Waals surface area contributed by atoms with E-state index in [2.05, 4.69) is 17.6 Å². The second-order valence-electron chi connectivity index (χ2n) is 5.67. The van der Waals surface area contributed by atoms with Crippen LogP contribution >= 0.6 is 0 Å². The van der Waals surface area contributed by atoms with Crippen LogP contribution in [0.1, 0.15) is 29.5 Å². The SMILES string of the molecule is C[C@@H]1C[C@@H]1C(=O)NCc1ccc(NC(=O)c2ccco2)cc1. The molecule has 0 radical (unpaired) electrons. The number of carbonyl (C=O) groups is 2. The maximum atomic E-state index is 11.8. The maximum Gasteiger partial charge on any atom is 0.291 e. The van der Waals surface area contributed by atoms with E-state index in [0.29, 0.717) is 18.2 Å². The van der Waals surface area contributed by atoms with Crippen molar-refractivity contribution in [2.45, 2.75) is 19.9 Å². The van der Waals surface area contributed by atoms with Crippen molar-refractivity contribution in [2.75, 3.05) is 5.32 Å². The van der Waals surface area contributed by atoms with E-state index in [4.69, 9.17) is 4.42 Å². The lowest BCUT2D eigenvalue weighted by molar-refractivity contribution is -0.122. The van der Waals surface area contributed by atoms with Crippen LogP contribution in [0.25, 0.3) is 0 Å². The standard InChI is InChI=1S/C17H18N2O3/c1-11-9-14(11)16(20)18-10-12-4-6-13(7-5-12)19-17(21)15-3-2-8-22-15/h2-8,11,14H,9-10H2,1H3,(H,18,20)(H,19,21)/t11-,14+/m1/s1. The lowest BCUT2D eigenvalue weighted by Gasteiger charge is -2.07. The van der Waals surface area contributed by atoms with Gasteiger partial charge < -0.3 is 15.1 Å². The van der Waals surface area contributed by atoms with Crippen LogP contribution in [0, 0.1) is 11.8 Å². The Morgan fingerprint density at radius 2 is 1.95 bits per heavy atom. The fourth-order valence-electron chi connectivity index (χ4n) is 2.31. The van der Waals surface area contributed by atoms with Crippen molar-refractivity contribution in [1.29, 1.82) is 0 Å². The van der Waals surface area contributed by atoms with Crippen molar-refractivity contribution in [2.24, 2.45) is 11.8 Å². The van der Waals surface area contributed by atoms with Crippen molar-refractivity contribution in [3.05, 3.63) is 54.0 Å². The van der Waals surface area contributed by atoms with Gasteiger partial charge in [-0.15, -0.1) is 0 Å². The van der Waals surface area contributed by atoms with Gasteiger partial charge >= 0.3 is 0 Å². The lowest BCUT2D eigenvalue weighted by Crippen LogP contribution is -2.24. The number of rotatable bonds is 5. The summed E-state index contributed by atoms with van der Waals surface area (Å²) in [6.45, 7) is 2.59. The number of furan rings is 1. The molecular formula is C17H18N2O3. The normalized spacial score (nSPS) is 19.5. The van der Waals surface area contributed by atoms with E-state index in [0.717, 1.165) is 12.0 Å². The largest absolute Gasteiger partial charge is 0.459 e. The highest BCUT2D eigenvalue weighted by Gasteiger charge is 2.38. The first-order valence-corrected chi connectivity index (χ1v) is 7.35. The molecule has 5 nitrogen and oxygen atoms in total. The third kappa shape index (κ3) is 3.36. The van der Waals surface area contributed by atoms with Gasteiger partial charge in [0.25, 0.3) is 5.91 Å². The Kier molecular flexibility index (Phi) is 3.96. The Bertz CT molecular complexity index is 662. The summed E-state index contributed by atoms with van der Waals surface area (Å²) in [4.78, 5) is 23.6. The van der Waals surface area contributed by atoms with E-state index in [1.54, 1.807) is 12.1 Å². The van der Waals surface area contributed by atoms with E-state index in [9.17, 15) is 9.59 Å². The van der Waals surface area contributed by atoms with Gasteiger partial charge in [0.2, 0.25) is 5.91 Å². The predicted molar refractivity (Wildman–Crippen MR) is 82.2 cm³/mol. The van der Waals surface area contributed by atoms with Crippen LogP contribution < -0.4 is 10.6 Å². The first-order chi connectivity index (χ1) is 10.6. The number of benzene rings is 1. The fraction of sp³-hybridized carbons (Fsp3) is 0.294. The van der Waals surface area contributed by atoms with Gasteiger partial charge in [-0.25, -0.2) is 0 Å². The number of nitrogens with one attached hydrogen (secondary N) is 2. The molecule has 1 aromatic carbocycles. The van der Waals surface area contributed by atoms with Crippen LogP contribution in [-0.4, -0.2) is 11.8 Å². The van der Waals surface area contributed by atoms with Crippen LogP contribution in [0.2, 0.25) is 0 Å². The zero-order chi connectivity index (χ0) is 15.5. The molecule has 0 unspecified atom stereocenters. The summed E-state index contributed by atoms with van der Waals surface area (Å²) in [6, 6.07) is 10.7. The molecule has 1 fully saturated rings. The molecule has 1 aliphatic rings. The molecule has 5 heteroatoms. The van der Waals surface area contributed by atoms with E-state index >= 15 is 0 Å². The molecule has 0 saturated heterocycles. The average Bonchev–Trinajstić information content (AvgIpc) is 3.03. The molecule has 1 aromatic heterocycles. The minimum Gasteiger partial charge on any atom is -0.459 e. The van der Waals surface area contributed by atoms with Crippen LogP contribution in [0.4, 0.5) is 5.69 Å². The molecule has 0 bridgehead atoms. The molecule has 2 amide bonds. The van der Waals surface area contributed by atoms with E-state index in [1.807, 2.05) is 24.3 Å². The van der Waals surface area contributed by atoms with Crippen molar-refractivity contribution < 1.29 is 14.0 Å². The minimum atomic E-state index is -0.284. The van der Waals surface area contributed by atoms with Gasteiger partial charge in [0.1, 0.15) is 0 Å². The Labute approximate surface area is 128 Å². The average molecular weight is 298 g/mol. The smallest absolute Gasteiger partial charge is 0.291 e.